The van der Waals surface area contributed by atoms with Gasteiger partial charge in [0.2, 0.25) is 0 Å². The molecule has 0 fully saturated rings. The maximum Gasteiger partial charge on any atom is 0.338 e. The average Bonchev–Trinajstić information content (AvgIpc) is 2.64. The van der Waals surface area contributed by atoms with E-state index in [1.165, 1.54) is 21.3 Å². The van der Waals surface area contributed by atoms with Crippen molar-refractivity contribution in [3.05, 3.63) is 47.2 Å². The van der Waals surface area contributed by atoms with Gasteiger partial charge in [0, 0.05) is 18.6 Å². The molecular formula is C19H19ClO6. The van der Waals surface area contributed by atoms with Crippen LogP contribution in [0.1, 0.15) is 5.56 Å². The van der Waals surface area contributed by atoms with Crippen molar-refractivity contribution in [1.29, 1.82) is 0 Å². The van der Waals surface area contributed by atoms with Crippen LogP contribution in [0.25, 0.3) is 10.8 Å². The SMILES string of the molecule is C=C=CC(=O)OCc1cc(OCOC)c2c(OC)c(Cl)cc(OC)c2c1. The van der Waals surface area contributed by atoms with Crippen molar-refractivity contribution >= 4 is 28.3 Å². The molecule has 2 aromatic rings. The third-order valence-electron chi connectivity index (χ3n) is 3.49. The molecule has 0 saturated carbocycles. The topological polar surface area (TPSA) is 63.2 Å². The second kappa shape index (κ2) is 9.15. The van der Waals surface area contributed by atoms with Crippen molar-refractivity contribution < 1.29 is 28.5 Å². The van der Waals surface area contributed by atoms with Gasteiger partial charge in [-0.2, -0.15) is 0 Å². The Bertz CT molecular complexity index is 855. The first kappa shape index (κ1) is 19.7. The molecule has 0 bridgehead atoms. The summed E-state index contributed by atoms with van der Waals surface area (Å²) in [5.74, 6) is 0.909. The number of halogens is 1. The predicted molar refractivity (Wildman–Crippen MR) is 98.1 cm³/mol. The third-order valence-corrected chi connectivity index (χ3v) is 3.77. The fraction of sp³-hybridized carbons (Fsp3) is 0.263. The Hall–Kier alpha value is -2.66. The van der Waals surface area contributed by atoms with E-state index in [1.54, 1.807) is 12.1 Å². The van der Waals surface area contributed by atoms with Crippen LogP contribution < -0.4 is 14.2 Å². The highest BCUT2D eigenvalue weighted by Gasteiger charge is 2.18. The number of benzene rings is 2. The molecule has 0 aliphatic heterocycles. The van der Waals surface area contributed by atoms with Crippen LogP contribution in [0.15, 0.2) is 36.6 Å². The molecule has 0 aliphatic carbocycles. The zero-order valence-electron chi connectivity index (χ0n) is 14.8. The Morgan fingerprint density at radius 1 is 1.19 bits per heavy atom. The molecule has 0 saturated heterocycles. The summed E-state index contributed by atoms with van der Waals surface area (Å²) in [6.07, 6.45) is 1.12. The van der Waals surface area contributed by atoms with Gasteiger partial charge in [-0.15, -0.1) is 5.73 Å². The van der Waals surface area contributed by atoms with Crippen LogP contribution in [0.4, 0.5) is 0 Å². The lowest BCUT2D eigenvalue weighted by Crippen LogP contribution is -2.04. The second-order valence-corrected chi connectivity index (χ2v) is 5.52. The van der Waals surface area contributed by atoms with Gasteiger partial charge in [-0.3, -0.25) is 0 Å². The molecule has 2 aromatic carbocycles. The molecular weight excluding hydrogens is 360 g/mol. The average molecular weight is 379 g/mol. The summed E-state index contributed by atoms with van der Waals surface area (Å²) < 4.78 is 26.7. The number of hydrogen-bond donors (Lipinski definition) is 0. The van der Waals surface area contributed by atoms with E-state index in [-0.39, 0.29) is 13.4 Å². The minimum absolute atomic E-state index is 0.0233. The van der Waals surface area contributed by atoms with E-state index < -0.39 is 5.97 Å². The number of rotatable bonds is 8. The van der Waals surface area contributed by atoms with Crippen LogP contribution in [0, 0.1) is 0 Å². The summed E-state index contributed by atoms with van der Waals surface area (Å²) in [4.78, 5) is 11.5. The molecule has 0 N–H and O–H groups in total. The highest BCUT2D eigenvalue weighted by atomic mass is 35.5. The maximum atomic E-state index is 11.5. The van der Waals surface area contributed by atoms with Gasteiger partial charge >= 0.3 is 5.97 Å². The molecule has 0 amide bonds. The summed E-state index contributed by atoms with van der Waals surface area (Å²) >= 11 is 6.29. The quantitative estimate of drug-likeness (QED) is 0.300. The van der Waals surface area contributed by atoms with E-state index in [4.69, 9.17) is 35.3 Å². The van der Waals surface area contributed by atoms with E-state index in [2.05, 4.69) is 12.3 Å². The number of methoxy groups -OCH3 is 3. The number of hydrogen-bond acceptors (Lipinski definition) is 6. The molecule has 26 heavy (non-hydrogen) atoms. The fourth-order valence-corrected chi connectivity index (χ4v) is 2.72. The van der Waals surface area contributed by atoms with E-state index in [9.17, 15) is 4.79 Å². The van der Waals surface area contributed by atoms with E-state index >= 15 is 0 Å². The van der Waals surface area contributed by atoms with Crippen LogP contribution in [0.5, 0.6) is 17.2 Å². The molecule has 0 atom stereocenters. The summed E-state index contributed by atoms with van der Waals surface area (Å²) in [5.41, 5.74) is 3.06. The van der Waals surface area contributed by atoms with Gasteiger partial charge in [0.1, 0.15) is 23.9 Å². The standard InChI is InChI=1S/C19H19ClO6/c1-5-6-17(21)25-10-12-7-13-15(23-3)9-14(20)19(24-4)18(13)16(8-12)26-11-22-2/h6-9H,1,10-11H2,2-4H3. The van der Waals surface area contributed by atoms with Crippen molar-refractivity contribution in [2.45, 2.75) is 6.61 Å². The predicted octanol–water partition coefficient (Wildman–Crippen LogP) is 3.88. The first-order valence-electron chi connectivity index (χ1n) is 7.57. The Morgan fingerprint density at radius 2 is 1.96 bits per heavy atom. The normalized spacial score (nSPS) is 10.2. The molecule has 0 unspecified atom stereocenters. The molecule has 2 rings (SSSR count). The Labute approximate surface area is 156 Å². The minimum atomic E-state index is -0.542. The Morgan fingerprint density at radius 3 is 2.58 bits per heavy atom. The Balaban J connectivity index is 2.61. The van der Waals surface area contributed by atoms with Gasteiger partial charge < -0.3 is 23.7 Å². The van der Waals surface area contributed by atoms with E-state index in [0.29, 0.717) is 38.6 Å². The van der Waals surface area contributed by atoms with Crippen LogP contribution in [0.2, 0.25) is 5.02 Å². The van der Waals surface area contributed by atoms with Crippen molar-refractivity contribution in [3.8, 4) is 17.2 Å². The molecule has 0 radical (unpaired) electrons. The summed E-state index contributed by atoms with van der Waals surface area (Å²) in [5, 5.41) is 1.72. The molecule has 0 spiro atoms. The maximum absolute atomic E-state index is 11.5. The number of fused-ring (bicyclic) bond motifs is 1. The van der Waals surface area contributed by atoms with Crippen LogP contribution >= 0.6 is 11.6 Å². The molecule has 7 heteroatoms. The number of carbonyl (C=O) groups excluding carboxylic acids is 1. The number of esters is 1. The molecule has 0 aliphatic rings. The van der Waals surface area contributed by atoms with E-state index in [1.807, 2.05) is 6.07 Å². The van der Waals surface area contributed by atoms with Gasteiger partial charge in [0.05, 0.1) is 30.7 Å². The number of ether oxygens (including phenoxy) is 5. The van der Waals surface area contributed by atoms with Gasteiger partial charge in [0.25, 0.3) is 0 Å². The highest BCUT2D eigenvalue weighted by Crippen LogP contribution is 2.44. The van der Waals surface area contributed by atoms with Gasteiger partial charge in [-0.25, -0.2) is 4.79 Å². The molecule has 0 heterocycles. The molecule has 6 nitrogen and oxygen atoms in total. The fourth-order valence-electron chi connectivity index (χ4n) is 2.45. The smallest absolute Gasteiger partial charge is 0.338 e. The summed E-state index contributed by atoms with van der Waals surface area (Å²) in [6, 6.07) is 5.20. The molecule has 0 aromatic heterocycles. The lowest BCUT2D eigenvalue weighted by Gasteiger charge is -2.17. The second-order valence-electron chi connectivity index (χ2n) is 5.12. The lowest BCUT2D eigenvalue weighted by molar-refractivity contribution is -0.138. The van der Waals surface area contributed by atoms with Crippen molar-refractivity contribution in [2.24, 2.45) is 0 Å². The van der Waals surface area contributed by atoms with Crippen molar-refractivity contribution in [3.63, 3.8) is 0 Å². The van der Waals surface area contributed by atoms with Crippen molar-refractivity contribution in [2.75, 3.05) is 28.1 Å². The Kier molecular flexibility index (Phi) is 6.92. The summed E-state index contributed by atoms with van der Waals surface area (Å²) in [7, 11) is 4.57. The lowest BCUT2D eigenvalue weighted by atomic mass is 10.0. The van der Waals surface area contributed by atoms with Gasteiger partial charge in [0.15, 0.2) is 6.79 Å². The van der Waals surface area contributed by atoms with Gasteiger partial charge in [-0.1, -0.05) is 18.2 Å². The zero-order chi connectivity index (χ0) is 19.1. The first-order valence-corrected chi connectivity index (χ1v) is 7.94. The highest BCUT2D eigenvalue weighted by molar-refractivity contribution is 6.34. The monoisotopic (exact) mass is 378 g/mol. The third kappa shape index (κ3) is 4.29. The largest absolute Gasteiger partial charge is 0.496 e. The van der Waals surface area contributed by atoms with Crippen molar-refractivity contribution in [1.82, 2.24) is 0 Å². The van der Waals surface area contributed by atoms with Crippen LogP contribution in [-0.4, -0.2) is 34.1 Å². The zero-order valence-corrected chi connectivity index (χ0v) is 15.5. The molecule has 138 valence electrons. The van der Waals surface area contributed by atoms with Crippen LogP contribution in [0.3, 0.4) is 0 Å². The van der Waals surface area contributed by atoms with Crippen LogP contribution in [-0.2, 0) is 20.9 Å². The minimum Gasteiger partial charge on any atom is -0.496 e. The van der Waals surface area contributed by atoms with Gasteiger partial charge in [-0.05, 0) is 17.7 Å². The summed E-state index contributed by atoms with van der Waals surface area (Å²) in [6.45, 7) is 3.39. The van der Waals surface area contributed by atoms with E-state index in [0.717, 1.165) is 6.08 Å². The first-order chi connectivity index (χ1) is 12.5. The number of carbonyl (C=O) groups is 1.